The molecule has 3 rings (SSSR count). The molecule has 3 aromatic rings. The summed E-state index contributed by atoms with van der Waals surface area (Å²) in [7, 11) is 1.45. The molecule has 0 atom stereocenters. The number of Topliss-reactive ketones (excluding diaryl/α,β-unsaturated/α-hetero) is 1. The Balaban J connectivity index is 1.68. The first-order valence-electron chi connectivity index (χ1n) is 9.93. The summed E-state index contributed by atoms with van der Waals surface area (Å²) in [6.45, 7) is 1.05. The van der Waals surface area contributed by atoms with Crippen molar-refractivity contribution in [3.8, 4) is 11.5 Å². The normalized spacial score (nSPS) is 10.3. The number of benzene rings is 2. The summed E-state index contributed by atoms with van der Waals surface area (Å²) in [5.74, 6) is 0.318. The average molecular weight is 436 g/mol. The zero-order chi connectivity index (χ0) is 22.9. The van der Waals surface area contributed by atoms with Crippen molar-refractivity contribution < 1.29 is 28.3 Å². The maximum atomic E-state index is 12.9. The van der Waals surface area contributed by atoms with Crippen LogP contribution >= 0.6 is 0 Å². The van der Waals surface area contributed by atoms with Gasteiger partial charge in [-0.2, -0.15) is 0 Å². The van der Waals surface area contributed by atoms with E-state index in [1.807, 2.05) is 6.07 Å². The van der Waals surface area contributed by atoms with Crippen molar-refractivity contribution in [1.82, 2.24) is 4.90 Å². The third-order valence-electron chi connectivity index (χ3n) is 4.59. The second kappa shape index (κ2) is 10.8. The van der Waals surface area contributed by atoms with Gasteiger partial charge in [0.1, 0.15) is 12.3 Å². The zero-order valence-corrected chi connectivity index (χ0v) is 17.9. The number of nitrogens with zero attached hydrogens (tertiary/aromatic N) is 1. The topological polar surface area (TPSA) is 98.1 Å². The highest BCUT2D eigenvalue weighted by Gasteiger charge is 2.20. The molecule has 0 bridgehead atoms. The molecular weight excluding hydrogens is 412 g/mol. The van der Waals surface area contributed by atoms with Crippen LogP contribution < -0.4 is 14.8 Å². The van der Waals surface area contributed by atoms with Gasteiger partial charge in [0.05, 0.1) is 19.9 Å². The molecule has 0 unspecified atom stereocenters. The van der Waals surface area contributed by atoms with Gasteiger partial charge in [-0.15, -0.1) is 0 Å². The van der Waals surface area contributed by atoms with Crippen molar-refractivity contribution in [2.75, 3.05) is 25.6 Å². The molecule has 2 aromatic carbocycles. The van der Waals surface area contributed by atoms with Gasteiger partial charge in [0, 0.05) is 11.3 Å². The first kappa shape index (κ1) is 22.6. The van der Waals surface area contributed by atoms with E-state index < -0.39 is 5.91 Å². The number of anilines is 1. The van der Waals surface area contributed by atoms with Crippen molar-refractivity contribution in [1.29, 1.82) is 0 Å². The predicted molar refractivity (Wildman–Crippen MR) is 118 cm³/mol. The molecule has 0 saturated heterocycles. The number of carbonyl (C=O) groups is 3. The van der Waals surface area contributed by atoms with Gasteiger partial charge >= 0.3 is 0 Å². The number of furan rings is 1. The fraction of sp³-hybridized carbons (Fsp3) is 0.208. The summed E-state index contributed by atoms with van der Waals surface area (Å²) in [4.78, 5) is 38.3. The van der Waals surface area contributed by atoms with Crippen LogP contribution in [0.4, 0.5) is 5.69 Å². The lowest BCUT2D eigenvalue weighted by atomic mass is 10.1. The third-order valence-corrected chi connectivity index (χ3v) is 4.59. The van der Waals surface area contributed by atoms with Crippen molar-refractivity contribution in [2.24, 2.45) is 0 Å². The minimum atomic E-state index is -0.415. The van der Waals surface area contributed by atoms with Gasteiger partial charge in [0.25, 0.3) is 5.91 Å². The number of rotatable bonds is 10. The van der Waals surface area contributed by atoms with E-state index in [1.165, 1.54) is 25.2 Å². The van der Waals surface area contributed by atoms with Gasteiger partial charge in [0.15, 0.2) is 23.9 Å². The standard InChI is InChI=1S/C24H24N2O6/c1-17(27)18-10-11-21(22(13-18)30-2)32-16-24(29)26(14-20-9-6-12-31-20)15-23(28)25-19-7-4-3-5-8-19/h3-13H,14-16H2,1-2H3,(H,25,28). The van der Waals surface area contributed by atoms with Crippen LogP contribution in [0.25, 0.3) is 0 Å². The fourth-order valence-corrected chi connectivity index (χ4v) is 2.95. The Bertz CT molecular complexity index is 1060. The Morgan fingerprint density at radius 2 is 1.78 bits per heavy atom. The summed E-state index contributed by atoms with van der Waals surface area (Å²) >= 11 is 0. The van der Waals surface area contributed by atoms with E-state index in [2.05, 4.69) is 5.32 Å². The van der Waals surface area contributed by atoms with Crippen molar-refractivity contribution in [3.05, 3.63) is 78.3 Å². The number of hydrogen-bond donors (Lipinski definition) is 1. The van der Waals surface area contributed by atoms with E-state index >= 15 is 0 Å². The van der Waals surface area contributed by atoms with Crippen LogP contribution in [0.15, 0.2) is 71.3 Å². The largest absolute Gasteiger partial charge is 0.493 e. The lowest BCUT2D eigenvalue weighted by molar-refractivity contribution is -0.137. The minimum absolute atomic E-state index is 0.109. The first-order valence-corrected chi connectivity index (χ1v) is 9.93. The molecule has 0 radical (unpaired) electrons. The molecule has 0 fully saturated rings. The third kappa shape index (κ3) is 6.21. The van der Waals surface area contributed by atoms with Crippen LogP contribution in [0.5, 0.6) is 11.5 Å². The molecule has 1 heterocycles. The van der Waals surface area contributed by atoms with Crippen molar-refractivity contribution in [2.45, 2.75) is 13.5 Å². The number of methoxy groups -OCH3 is 1. The summed E-state index contributed by atoms with van der Waals surface area (Å²) in [5.41, 5.74) is 1.10. The van der Waals surface area contributed by atoms with E-state index in [9.17, 15) is 14.4 Å². The molecule has 1 N–H and O–H groups in total. The molecule has 32 heavy (non-hydrogen) atoms. The monoisotopic (exact) mass is 436 g/mol. The van der Waals surface area contributed by atoms with Crippen molar-refractivity contribution in [3.63, 3.8) is 0 Å². The number of para-hydroxylation sites is 1. The molecule has 0 spiro atoms. The second-order valence-electron chi connectivity index (χ2n) is 6.95. The van der Waals surface area contributed by atoms with E-state index in [0.29, 0.717) is 28.5 Å². The van der Waals surface area contributed by atoms with E-state index in [4.69, 9.17) is 13.9 Å². The molecular formula is C24H24N2O6. The zero-order valence-electron chi connectivity index (χ0n) is 17.9. The molecule has 0 aliphatic carbocycles. The maximum absolute atomic E-state index is 12.9. The molecule has 8 nitrogen and oxygen atoms in total. The number of ether oxygens (including phenoxy) is 2. The van der Waals surface area contributed by atoms with Gasteiger partial charge < -0.3 is 24.1 Å². The van der Waals surface area contributed by atoms with E-state index in [0.717, 1.165) is 0 Å². The number of hydrogen-bond acceptors (Lipinski definition) is 6. The van der Waals surface area contributed by atoms with Gasteiger partial charge in [-0.1, -0.05) is 18.2 Å². The number of ketones is 1. The van der Waals surface area contributed by atoms with Gasteiger partial charge in [-0.05, 0) is 49.4 Å². The van der Waals surface area contributed by atoms with Crippen LogP contribution in [0, 0.1) is 0 Å². The highest BCUT2D eigenvalue weighted by Crippen LogP contribution is 2.28. The maximum Gasteiger partial charge on any atom is 0.261 e. The number of nitrogens with one attached hydrogen (secondary N) is 1. The Kier molecular flexibility index (Phi) is 7.64. The lowest BCUT2D eigenvalue weighted by Crippen LogP contribution is -2.40. The minimum Gasteiger partial charge on any atom is -0.493 e. The Hall–Kier alpha value is -4.07. The van der Waals surface area contributed by atoms with Crippen molar-refractivity contribution >= 4 is 23.3 Å². The summed E-state index contributed by atoms with van der Waals surface area (Å²) < 4.78 is 16.2. The lowest BCUT2D eigenvalue weighted by Gasteiger charge is -2.22. The van der Waals surface area contributed by atoms with Gasteiger partial charge in [-0.25, -0.2) is 0 Å². The average Bonchev–Trinajstić information content (AvgIpc) is 3.30. The Morgan fingerprint density at radius 3 is 2.44 bits per heavy atom. The smallest absolute Gasteiger partial charge is 0.261 e. The quantitative estimate of drug-likeness (QED) is 0.488. The number of carbonyl (C=O) groups excluding carboxylic acids is 3. The van der Waals surface area contributed by atoms with Gasteiger partial charge in [-0.3, -0.25) is 14.4 Å². The van der Waals surface area contributed by atoms with Crippen LogP contribution in [-0.2, 0) is 16.1 Å². The molecule has 0 aliphatic heterocycles. The molecule has 8 heteroatoms. The summed E-state index contributed by atoms with van der Waals surface area (Å²) in [6, 6.07) is 17.1. The molecule has 0 aliphatic rings. The SMILES string of the molecule is COc1cc(C(C)=O)ccc1OCC(=O)N(CC(=O)Nc1ccccc1)Cc1ccco1. The highest BCUT2D eigenvalue weighted by atomic mass is 16.5. The predicted octanol–water partition coefficient (Wildman–Crippen LogP) is 3.54. The Labute approximate surface area is 185 Å². The molecule has 166 valence electrons. The van der Waals surface area contributed by atoms with Gasteiger partial charge in [0.2, 0.25) is 5.91 Å². The summed E-state index contributed by atoms with van der Waals surface area (Å²) in [6.07, 6.45) is 1.50. The molecule has 0 saturated carbocycles. The van der Waals surface area contributed by atoms with E-state index in [1.54, 1.807) is 54.6 Å². The Morgan fingerprint density at radius 1 is 1.00 bits per heavy atom. The highest BCUT2D eigenvalue weighted by molar-refractivity contribution is 5.95. The van der Waals surface area contributed by atoms with Crippen LogP contribution in [0.3, 0.4) is 0 Å². The molecule has 1 aromatic heterocycles. The van der Waals surface area contributed by atoms with Crippen LogP contribution in [-0.4, -0.2) is 42.8 Å². The second-order valence-corrected chi connectivity index (χ2v) is 6.95. The van der Waals surface area contributed by atoms with Crippen LogP contribution in [0.1, 0.15) is 23.0 Å². The van der Waals surface area contributed by atoms with Crippen LogP contribution in [0.2, 0.25) is 0 Å². The number of amides is 2. The first-order chi connectivity index (χ1) is 15.5. The molecule has 2 amide bonds. The fourth-order valence-electron chi connectivity index (χ4n) is 2.95. The summed E-state index contributed by atoms with van der Waals surface area (Å²) in [5, 5.41) is 2.76. The van der Waals surface area contributed by atoms with E-state index in [-0.39, 0.29) is 31.4 Å².